The van der Waals surface area contributed by atoms with E-state index in [1.54, 1.807) is 0 Å². The summed E-state index contributed by atoms with van der Waals surface area (Å²) in [5.74, 6) is 0.874. The maximum Gasteiger partial charge on any atom is 0.149 e. The van der Waals surface area contributed by atoms with E-state index in [2.05, 4.69) is 39.3 Å². The van der Waals surface area contributed by atoms with Crippen molar-refractivity contribution in [2.75, 3.05) is 19.6 Å². The summed E-state index contributed by atoms with van der Waals surface area (Å²) in [5.41, 5.74) is 0. The van der Waals surface area contributed by atoms with Crippen molar-refractivity contribution in [1.29, 1.82) is 0 Å². The van der Waals surface area contributed by atoms with Crippen LogP contribution in [0.5, 0.6) is 0 Å². The number of carbonyl (C=O) groups excluding carboxylic acids is 1. The van der Waals surface area contributed by atoms with Gasteiger partial charge in [-0.15, -0.1) is 0 Å². The van der Waals surface area contributed by atoms with Crippen molar-refractivity contribution >= 4 is 28.4 Å². The number of rotatable bonds is 3. The quantitative estimate of drug-likeness (QED) is 0.547. The molecule has 0 aromatic carbocycles. The fourth-order valence-electron chi connectivity index (χ4n) is 4.24. The molecule has 3 nitrogen and oxygen atoms in total. The lowest BCUT2D eigenvalue weighted by Gasteiger charge is -2.35. The second-order valence-electron chi connectivity index (χ2n) is 6.91. The van der Waals surface area contributed by atoms with Gasteiger partial charge in [-0.3, -0.25) is 14.6 Å². The number of Topliss-reactive ketones (excluding diaryl/α,β-unsaturated/α-hetero) is 1. The third kappa shape index (κ3) is 3.22. The van der Waals surface area contributed by atoms with Gasteiger partial charge in [0.25, 0.3) is 0 Å². The van der Waals surface area contributed by atoms with Gasteiger partial charge < -0.3 is 0 Å². The van der Waals surface area contributed by atoms with Crippen LogP contribution >= 0.6 is 22.6 Å². The Morgan fingerprint density at radius 3 is 2.65 bits per heavy atom. The Kier molecular flexibility index (Phi) is 5.03. The number of hydrogen-bond donors (Lipinski definition) is 0. The fraction of sp³-hybridized carbons (Fsp3) is 0.938. The highest BCUT2D eigenvalue weighted by atomic mass is 127. The monoisotopic (exact) mass is 390 g/mol. The molecule has 20 heavy (non-hydrogen) atoms. The fourth-order valence-corrected chi connectivity index (χ4v) is 4.96. The van der Waals surface area contributed by atoms with Gasteiger partial charge in [-0.1, -0.05) is 22.6 Å². The zero-order valence-corrected chi connectivity index (χ0v) is 14.7. The zero-order chi connectivity index (χ0) is 14.1. The van der Waals surface area contributed by atoms with Crippen molar-refractivity contribution in [3.05, 3.63) is 0 Å². The standard InChI is InChI=1S/C16H27IN2O/c1-12-10-18-9-3-2-4-16(18)19(12)11-15(20)13-5-7-14(17)8-6-13/h12-14,16H,2-11H2,1H3. The Labute approximate surface area is 136 Å². The number of ketones is 1. The topological polar surface area (TPSA) is 23.6 Å². The average Bonchev–Trinajstić information content (AvgIpc) is 2.76. The van der Waals surface area contributed by atoms with Crippen LogP contribution in [0.1, 0.15) is 51.9 Å². The Hall–Kier alpha value is 0.320. The van der Waals surface area contributed by atoms with E-state index in [-0.39, 0.29) is 0 Å². The summed E-state index contributed by atoms with van der Waals surface area (Å²) in [6.07, 6.45) is 9.22. The van der Waals surface area contributed by atoms with Gasteiger partial charge in [0.1, 0.15) is 5.78 Å². The highest BCUT2D eigenvalue weighted by molar-refractivity contribution is 14.1. The SMILES string of the molecule is CC1CN2CCCCC2N1CC(=O)C1CCC(I)CC1. The predicted octanol–water partition coefficient (Wildman–Crippen LogP) is 3.07. The minimum absolute atomic E-state index is 0.353. The molecule has 1 aliphatic carbocycles. The number of alkyl halides is 1. The number of halogens is 1. The Morgan fingerprint density at radius 2 is 1.90 bits per heavy atom. The summed E-state index contributed by atoms with van der Waals surface area (Å²) in [6.45, 7) is 5.41. The number of carbonyl (C=O) groups is 1. The molecule has 2 unspecified atom stereocenters. The van der Waals surface area contributed by atoms with E-state index < -0.39 is 0 Å². The third-order valence-electron chi connectivity index (χ3n) is 5.48. The molecule has 0 amide bonds. The lowest BCUT2D eigenvalue weighted by Crippen LogP contribution is -2.46. The lowest BCUT2D eigenvalue weighted by molar-refractivity contribution is -0.126. The average molecular weight is 390 g/mol. The van der Waals surface area contributed by atoms with Gasteiger partial charge in [0.2, 0.25) is 0 Å². The maximum atomic E-state index is 12.6. The molecule has 2 heterocycles. The first-order chi connectivity index (χ1) is 9.65. The van der Waals surface area contributed by atoms with Gasteiger partial charge in [0.15, 0.2) is 0 Å². The van der Waals surface area contributed by atoms with Gasteiger partial charge in [0, 0.05) is 22.4 Å². The molecule has 0 radical (unpaired) electrons. The molecule has 2 atom stereocenters. The summed E-state index contributed by atoms with van der Waals surface area (Å²) < 4.78 is 0.802. The van der Waals surface area contributed by atoms with E-state index in [0.29, 0.717) is 30.5 Å². The highest BCUT2D eigenvalue weighted by Crippen LogP contribution is 2.32. The van der Waals surface area contributed by atoms with Crippen molar-refractivity contribution in [2.45, 2.75) is 68.0 Å². The molecular weight excluding hydrogens is 363 g/mol. The molecule has 3 rings (SSSR count). The molecule has 0 aromatic heterocycles. The van der Waals surface area contributed by atoms with Gasteiger partial charge in [-0.2, -0.15) is 0 Å². The molecular formula is C16H27IN2O. The van der Waals surface area contributed by atoms with Crippen LogP contribution < -0.4 is 0 Å². The number of nitrogens with zero attached hydrogens (tertiary/aromatic N) is 2. The van der Waals surface area contributed by atoms with E-state index in [0.717, 1.165) is 16.8 Å². The third-order valence-corrected chi connectivity index (χ3v) is 6.72. The highest BCUT2D eigenvalue weighted by Gasteiger charge is 2.39. The first-order valence-corrected chi connectivity index (χ1v) is 9.56. The van der Waals surface area contributed by atoms with Gasteiger partial charge in [-0.25, -0.2) is 0 Å². The van der Waals surface area contributed by atoms with Crippen LogP contribution in [0.4, 0.5) is 0 Å². The summed E-state index contributed by atoms with van der Waals surface area (Å²) in [5, 5.41) is 0. The molecule has 0 N–H and O–H groups in total. The Bertz CT molecular complexity index is 354. The van der Waals surface area contributed by atoms with Crippen molar-refractivity contribution < 1.29 is 4.79 Å². The summed E-state index contributed by atoms with van der Waals surface area (Å²) in [7, 11) is 0. The normalized spacial score (nSPS) is 39.7. The van der Waals surface area contributed by atoms with E-state index in [1.165, 1.54) is 45.2 Å². The van der Waals surface area contributed by atoms with E-state index in [9.17, 15) is 4.79 Å². The second kappa shape index (κ2) is 6.61. The van der Waals surface area contributed by atoms with E-state index >= 15 is 0 Å². The summed E-state index contributed by atoms with van der Waals surface area (Å²) in [4.78, 5) is 17.7. The van der Waals surface area contributed by atoms with Gasteiger partial charge in [-0.05, 0) is 58.4 Å². The summed E-state index contributed by atoms with van der Waals surface area (Å²) in [6, 6.07) is 0.558. The van der Waals surface area contributed by atoms with Crippen molar-refractivity contribution in [3.63, 3.8) is 0 Å². The van der Waals surface area contributed by atoms with Crippen LogP contribution in [0.2, 0.25) is 0 Å². The van der Waals surface area contributed by atoms with Crippen molar-refractivity contribution in [3.8, 4) is 0 Å². The summed E-state index contributed by atoms with van der Waals surface area (Å²) >= 11 is 2.54. The first kappa shape index (κ1) is 15.2. The van der Waals surface area contributed by atoms with Crippen LogP contribution in [-0.4, -0.2) is 51.3 Å². The van der Waals surface area contributed by atoms with Crippen molar-refractivity contribution in [1.82, 2.24) is 9.80 Å². The minimum Gasteiger partial charge on any atom is -0.298 e. The Balaban J connectivity index is 1.57. The maximum absolute atomic E-state index is 12.6. The number of piperidine rings is 1. The number of hydrogen-bond acceptors (Lipinski definition) is 3. The molecule has 114 valence electrons. The van der Waals surface area contributed by atoms with Crippen LogP contribution in [0.15, 0.2) is 0 Å². The molecule has 2 saturated heterocycles. The van der Waals surface area contributed by atoms with Crippen LogP contribution in [0, 0.1) is 5.92 Å². The number of fused-ring (bicyclic) bond motifs is 1. The lowest BCUT2D eigenvalue weighted by atomic mass is 9.86. The van der Waals surface area contributed by atoms with E-state index in [1.807, 2.05) is 0 Å². The predicted molar refractivity (Wildman–Crippen MR) is 90.2 cm³/mol. The van der Waals surface area contributed by atoms with Gasteiger partial charge >= 0.3 is 0 Å². The molecule has 4 heteroatoms. The van der Waals surface area contributed by atoms with Crippen LogP contribution in [0.25, 0.3) is 0 Å². The molecule has 2 aliphatic heterocycles. The first-order valence-electron chi connectivity index (χ1n) is 8.31. The van der Waals surface area contributed by atoms with Crippen LogP contribution in [-0.2, 0) is 4.79 Å². The van der Waals surface area contributed by atoms with Gasteiger partial charge in [0.05, 0.1) is 12.7 Å². The van der Waals surface area contributed by atoms with E-state index in [4.69, 9.17) is 0 Å². The Morgan fingerprint density at radius 1 is 1.15 bits per heavy atom. The van der Waals surface area contributed by atoms with Crippen LogP contribution in [0.3, 0.4) is 0 Å². The largest absolute Gasteiger partial charge is 0.298 e. The molecule has 3 aliphatic rings. The zero-order valence-electron chi connectivity index (χ0n) is 12.6. The second-order valence-corrected chi connectivity index (χ2v) is 8.67. The molecule has 3 fully saturated rings. The van der Waals surface area contributed by atoms with Crippen molar-refractivity contribution in [2.24, 2.45) is 5.92 Å². The minimum atomic E-state index is 0.353. The molecule has 0 bridgehead atoms. The molecule has 0 aromatic rings. The molecule has 1 saturated carbocycles. The smallest absolute Gasteiger partial charge is 0.149 e. The molecule has 0 spiro atoms.